The molecule has 0 bridgehead atoms. The van der Waals surface area contributed by atoms with Crippen molar-refractivity contribution in [3.63, 3.8) is 0 Å². The first-order valence-corrected chi connectivity index (χ1v) is 11.1. The number of hydrogen-bond acceptors (Lipinski definition) is 5. The van der Waals surface area contributed by atoms with E-state index in [0.717, 1.165) is 28.1 Å². The molecule has 1 amide bonds. The minimum absolute atomic E-state index is 0.152. The van der Waals surface area contributed by atoms with Crippen molar-refractivity contribution in [1.29, 1.82) is 0 Å². The van der Waals surface area contributed by atoms with E-state index in [1.165, 1.54) is 0 Å². The number of carboxylic acids is 1. The monoisotopic (exact) mass is 465 g/mol. The average Bonchev–Trinajstić information content (AvgIpc) is 2.82. The van der Waals surface area contributed by atoms with Crippen LogP contribution in [0.4, 0.5) is 0 Å². The molecule has 1 aliphatic heterocycles. The molecule has 1 unspecified atom stereocenters. The van der Waals surface area contributed by atoms with E-state index in [-0.39, 0.29) is 12.3 Å². The maximum Gasteiger partial charge on any atom is 0.304 e. The molecule has 1 aliphatic rings. The Kier molecular flexibility index (Phi) is 6.89. The van der Waals surface area contributed by atoms with Crippen molar-refractivity contribution in [3.8, 4) is 17.1 Å². The highest BCUT2D eigenvalue weighted by Crippen LogP contribution is 2.24. The molecule has 0 radical (unpaired) electrons. The molecule has 1 atom stereocenters. The van der Waals surface area contributed by atoms with Crippen LogP contribution in [0.1, 0.15) is 30.2 Å². The first kappa shape index (κ1) is 22.7. The van der Waals surface area contributed by atoms with Gasteiger partial charge in [0.15, 0.2) is 5.82 Å². The summed E-state index contributed by atoms with van der Waals surface area (Å²) in [6.45, 7) is 3.01. The SMILES string of the molecule is CC(CC(=O)O)C(=O)N1CCc2nc(-c3ccc(OCc4ccc(Cl)cc4)cc3)ncc2C1. The highest BCUT2D eigenvalue weighted by atomic mass is 35.5. The van der Waals surface area contributed by atoms with E-state index < -0.39 is 11.9 Å². The van der Waals surface area contributed by atoms with Crippen LogP contribution in [-0.4, -0.2) is 38.4 Å². The van der Waals surface area contributed by atoms with Gasteiger partial charge in [0, 0.05) is 47.8 Å². The van der Waals surface area contributed by atoms with E-state index in [0.29, 0.717) is 37.0 Å². The summed E-state index contributed by atoms with van der Waals surface area (Å²) < 4.78 is 5.83. The molecule has 0 saturated heterocycles. The van der Waals surface area contributed by atoms with E-state index in [4.69, 9.17) is 26.4 Å². The van der Waals surface area contributed by atoms with Crippen LogP contribution in [0.15, 0.2) is 54.7 Å². The van der Waals surface area contributed by atoms with Crippen molar-refractivity contribution in [3.05, 3.63) is 76.6 Å². The number of carbonyl (C=O) groups is 2. The fraction of sp³-hybridized carbons (Fsp3) is 0.280. The molecule has 33 heavy (non-hydrogen) atoms. The Morgan fingerprint density at radius 1 is 1.15 bits per heavy atom. The Bertz CT molecular complexity index is 1150. The molecule has 2 aromatic carbocycles. The maximum absolute atomic E-state index is 12.5. The maximum atomic E-state index is 12.5. The van der Waals surface area contributed by atoms with Crippen LogP contribution >= 0.6 is 11.6 Å². The molecule has 1 aromatic heterocycles. The quantitative estimate of drug-likeness (QED) is 0.557. The van der Waals surface area contributed by atoms with Gasteiger partial charge in [-0.1, -0.05) is 30.7 Å². The molecule has 0 saturated carbocycles. The van der Waals surface area contributed by atoms with Crippen molar-refractivity contribution in [2.75, 3.05) is 6.54 Å². The Morgan fingerprint density at radius 2 is 1.88 bits per heavy atom. The third-order valence-electron chi connectivity index (χ3n) is 5.58. The van der Waals surface area contributed by atoms with Gasteiger partial charge in [-0.3, -0.25) is 9.59 Å². The lowest BCUT2D eigenvalue weighted by molar-refractivity contribution is -0.144. The largest absolute Gasteiger partial charge is 0.489 e. The molecule has 3 aromatic rings. The smallest absolute Gasteiger partial charge is 0.304 e. The summed E-state index contributed by atoms with van der Waals surface area (Å²) in [7, 11) is 0. The number of aliphatic carboxylic acids is 1. The lowest BCUT2D eigenvalue weighted by atomic mass is 10.0. The summed E-state index contributed by atoms with van der Waals surface area (Å²) in [5, 5.41) is 9.63. The van der Waals surface area contributed by atoms with E-state index in [1.807, 2.05) is 48.5 Å². The number of amides is 1. The Balaban J connectivity index is 1.39. The van der Waals surface area contributed by atoms with Gasteiger partial charge in [0.1, 0.15) is 12.4 Å². The van der Waals surface area contributed by atoms with Gasteiger partial charge in [-0.15, -0.1) is 0 Å². The molecule has 170 valence electrons. The van der Waals surface area contributed by atoms with Crippen LogP contribution in [0.3, 0.4) is 0 Å². The molecule has 7 nitrogen and oxygen atoms in total. The molecule has 8 heteroatoms. The van der Waals surface area contributed by atoms with Crippen LogP contribution in [0.25, 0.3) is 11.4 Å². The highest BCUT2D eigenvalue weighted by molar-refractivity contribution is 6.30. The second-order valence-electron chi connectivity index (χ2n) is 8.11. The normalized spacial score (nSPS) is 13.8. The summed E-state index contributed by atoms with van der Waals surface area (Å²) in [5.41, 5.74) is 3.72. The van der Waals surface area contributed by atoms with Crippen LogP contribution < -0.4 is 4.74 Å². The van der Waals surface area contributed by atoms with Gasteiger partial charge in [-0.25, -0.2) is 9.97 Å². The van der Waals surface area contributed by atoms with Crippen LogP contribution in [0.5, 0.6) is 5.75 Å². The summed E-state index contributed by atoms with van der Waals surface area (Å²) in [6, 6.07) is 15.1. The number of nitrogens with zero attached hydrogens (tertiary/aromatic N) is 3. The molecule has 0 spiro atoms. The minimum atomic E-state index is -0.970. The van der Waals surface area contributed by atoms with Gasteiger partial charge in [0.25, 0.3) is 0 Å². The fourth-order valence-electron chi connectivity index (χ4n) is 3.75. The number of hydrogen-bond donors (Lipinski definition) is 1. The molecule has 2 heterocycles. The van der Waals surface area contributed by atoms with Crippen molar-refractivity contribution < 1.29 is 19.4 Å². The molecule has 0 fully saturated rings. The Hall–Kier alpha value is -3.45. The number of carboxylic acid groups (broad SMARTS) is 1. The van der Waals surface area contributed by atoms with Gasteiger partial charge in [-0.2, -0.15) is 0 Å². The number of ether oxygens (including phenoxy) is 1. The predicted octanol–water partition coefficient (Wildman–Crippen LogP) is 4.37. The van der Waals surface area contributed by atoms with E-state index in [9.17, 15) is 9.59 Å². The zero-order valence-corrected chi connectivity index (χ0v) is 19.0. The van der Waals surface area contributed by atoms with E-state index >= 15 is 0 Å². The first-order chi connectivity index (χ1) is 15.9. The zero-order valence-electron chi connectivity index (χ0n) is 18.2. The van der Waals surface area contributed by atoms with Crippen LogP contribution in [0, 0.1) is 5.92 Å². The highest BCUT2D eigenvalue weighted by Gasteiger charge is 2.27. The molecule has 0 aliphatic carbocycles. The Labute approximate surface area is 197 Å². The summed E-state index contributed by atoms with van der Waals surface area (Å²) in [5.74, 6) is -0.304. The standard InChI is InChI=1S/C25H24ClN3O4/c1-16(12-23(30)31)25(32)29-11-10-22-19(14-29)13-27-24(28-22)18-4-8-21(9-5-18)33-15-17-2-6-20(26)7-3-17/h2-9,13,16H,10-12,14-15H2,1H3,(H,30,31). The van der Waals surface area contributed by atoms with Crippen LogP contribution in [0.2, 0.25) is 5.02 Å². The molecule has 1 N–H and O–H groups in total. The van der Waals surface area contributed by atoms with Crippen molar-refractivity contribution in [2.45, 2.75) is 32.9 Å². The number of halogens is 1. The van der Waals surface area contributed by atoms with Crippen molar-refractivity contribution >= 4 is 23.5 Å². The topological polar surface area (TPSA) is 92.6 Å². The lowest BCUT2D eigenvalue weighted by Gasteiger charge is -2.30. The van der Waals surface area contributed by atoms with E-state index in [1.54, 1.807) is 18.0 Å². The number of aromatic nitrogens is 2. The Morgan fingerprint density at radius 3 is 2.58 bits per heavy atom. The molecule has 4 rings (SSSR count). The number of rotatable bonds is 7. The van der Waals surface area contributed by atoms with Gasteiger partial charge in [-0.05, 0) is 42.0 Å². The number of carbonyl (C=O) groups excluding carboxylic acids is 1. The van der Waals surface area contributed by atoms with E-state index in [2.05, 4.69) is 4.98 Å². The minimum Gasteiger partial charge on any atom is -0.489 e. The second kappa shape index (κ2) is 10.0. The van der Waals surface area contributed by atoms with Gasteiger partial charge < -0.3 is 14.7 Å². The number of fused-ring (bicyclic) bond motifs is 1. The summed E-state index contributed by atoms with van der Waals surface area (Å²) in [6.07, 6.45) is 2.19. The van der Waals surface area contributed by atoms with Gasteiger partial charge >= 0.3 is 5.97 Å². The summed E-state index contributed by atoms with van der Waals surface area (Å²) >= 11 is 5.91. The van der Waals surface area contributed by atoms with Gasteiger partial charge in [0.05, 0.1) is 12.1 Å². The number of benzene rings is 2. The molecular weight excluding hydrogens is 442 g/mol. The molecular formula is C25H24ClN3O4. The lowest BCUT2D eigenvalue weighted by Crippen LogP contribution is -2.40. The summed E-state index contributed by atoms with van der Waals surface area (Å²) in [4.78, 5) is 34.3. The predicted molar refractivity (Wildman–Crippen MR) is 124 cm³/mol. The second-order valence-corrected chi connectivity index (χ2v) is 8.55. The van der Waals surface area contributed by atoms with Gasteiger partial charge in [0.2, 0.25) is 5.91 Å². The first-order valence-electron chi connectivity index (χ1n) is 10.7. The van der Waals surface area contributed by atoms with Crippen LogP contribution in [-0.2, 0) is 29.2 Å². The third-order valence-corrected chi connectivity index (χ3v) is 5.83. The fourth-order valence-corrected chi connectivity index (χ4v) is 3.88. The van der Waals surface area contributed by atoms with Crippen molar-refractivity contribution in [1.82, 2.24) is 14.9 Å². The third kappa shape index (κ3) is 5.68. The van der Waals surface area contributed by atoms with Crippen molar-refractivity contribution in [2.24, 2.45) is 5.92 Å². The zero-order chi connectivity index (χ0) is 23.4. The average molecular weight is 466 g/mol.